The van der Waals surface area contributed by atoms with Gasteiger partial charge in [0.15, 0.2) is 5.96 Å². The van der Waals surface area contributed by atoms with Crippen molar-refractivity contribution < 1.29 is 4.79 Å². The molecule has 2 atom stereocenters. The lowest BCUT2D eigenvalue weighted by molar-refractivity contribution is -0.130. The molecule has 0 aromatic heterocycles. The molecule has 0 bridgehead atoms. The number of anilines is 1. The lowest BCUT2D eigenvalue weighted by Gasteiger charge is -2.41. The fourth-order valence-corrected chi connectivity index (χ4v) is 3.94. The Balaban J connectivity index is 2.16. The summed E-state index contributed by atoms with van der Waals surface area (Å²) in [4.78, 5) is 23.6. The number of nitrogens with two attached hydrogens (primary N) is 2. The number of hydrogen-bond acceptors (Lipinski definition) is 5. The molecule has 6 nitrogen and oxygen atoms in total. The first kappa shape index (κ1) is 21.6. The fraction of sp³-hybridized carbons (Fsp3) is 0.375. The molecule has 0 saturated carbocycles. The zero-order valence-corrected chi connectivity index (χ0v) is 18.6. The summed E-state index contributed by atoms with van der Waals surface area (Å²) < 4.78 is 0. The van der Waals surface area contributed by atoms with Crippen LogP contribution in [0, 0.1) is 0 Å². The summed E-state index contributed by atoms with van der Waals surface area (Å²) in [7, 11) is 3.36. The van der Waals surface area contributed by atoms with E-state index in [2.05, 4.69) is 37.9 Å². The van der Waals surface area contributed by atoms with Gasteiger partial charge in [-0.15, -0.1) is 0 Å². The molecule has 3 rings (SSSR count). The molecule has 1 aliphatic rings. The molecule has 0 spiro atoms. The summed E-state index contributed by atoms with van der Waals surface area (Å²) in [5, 5.41) is 0. The molecule has 0 aliphatic carbocycles. The minimum atomic E-state index is -0.882. The molecule has 0 unspecified atom stereocenters. The number of benzene rings is 2. The van der Waals surface area contributed by atoms with Crippen LogP contribution < -0.4 is 11.5 Å². The van der Waals surface area contributed by atoms with Gasteiger partial charge in [0, 0.05) is 31.6 Å². The maximum absolute atomic E-state index is 13.4. The normalized spacial score (nSPS) is 22.5. The third-order valence-corrected chi connectivity index (χ3v) is 5.88. The highest BCUT2D eigenvalue weighted by Crippen LogP contribution is 2.44. The average Bonchev–Trinajstić information content (AvgIpc) is 2.67. The van der Waals surface area contributed by atoms with Crippen molar-refractivity contribution in [3.8, 4) is 0 Å². The monoisotopic (exact) mass is 405 g/mol. The molecule has 2 aromatic rings. The van der Waals surface area contributed by atoms with Gasteiger partial charge in [0.25, 0.3) is 0 Å². The first-order chi connectivity index (χ1) is 14.0. The minimum Gasteiger partial charge on any atom is -0.398 e. The van der Waals surface area contributed by atoms with E-state index in [-0.39, 0.29) is 17.3 Å². The van der Waals surface area contributed by atoms with E-state index in [1.54, 1.807) is 20.3 Å². The van der Waals surface area contributed by atoms with Crippen LogP contribution in [-0.2, 0) is 15.7 Å². The van der Waals surface area contributed by atoms with Gasteiger partial charge in [-0.1, -0.05) is 57.2 Å². The van der Waals surface area contributed by atoms with Crippen molar-refractivity contribution in [1.29, 1.82) is 0 Å². The van der Waals surface area contributed by atoms with Crippen LogP contribution in [0.4, 0.5) is 5.69 Å². The number of hydrogen-bond donors (Lipinski definition) is 2. The molecule has 0 saturated heterocycles. The highest BCUT2D eigenvalue weighted by atomic mass is 16.2. The topological polar surface area (TPSA) is 97.1 Å². The number of amides is 1. The van der Waals surface area contributed by atoms with E-state index in [0.29, 0.717) is 5.69 Å². The standard InChI is InChI=1S/C24H31N5O/c1-23(2,3)17-10-7-15(8-11-17)20-21(30)29(6)22(26)28-24(20,4)18-12-9-16(14-27-5)19(25)13-18/h7-14,20H,25H2,1-6H3,(H2,26,28)/t20-,24+/m0/s1. The van der Waals surface area contributed by atoms with Gasteiger partial charge in [0.2, 0.25) is 5.91 Å². The molecule has 0 radical (unpaired) electrons. The Morgan fingerprint density at radius 2 is 1.77 bits per heavy atom. The van der Waals surface area contributed by atoms with Gasteiger partial charge in [0.1, 0.15) is 5.54 Å². The quantitative estimate of drug-likeness (QED) is 0.605. The number of guanidine groups is 1. The van der Waals surface area contributed by atoms with Crippen LogP contribution in [0.1, 0.15) is 55.9 Å². The molecule has 30 heavy (non-hydrogen) atoms. The third kappa shape index (κ3) is 3.70. The minimum absolute atomic E-state index is 0.0306. The Kier molecular flexibility index (Phi) is 5.46. The highest BCUT2D eigenvalue weighted by molar-refractivity contribution is 6.02. The third-order valence-electron chi connectivity index (χ3n) is 5.88. The molecule has 158 valence electrons. The van der Waals surface area contributed by atoms with Gasteiger partial charge in [0.05, 0.1) is 5.92 Å². The predicted molar refractivity (Wildman–Crippen MR) is 124 cm³/mol. The highest BCUT2D eigenvalue weighted by Gasteiger charge is 2.47. The van der Waals surface area contributed by atoms with Crippen molar-refractivity contribution >= 4 is 23.8 Å². The van der Waals surface area contributed by atoms with Crippen molar-refractivity contribution in [1.82, 2.24) is 4.90 Å². The largest absolute Gasteiger partial charge is 0.398 e. The van der Waals surface area contributed by atoms with Gasteiger partial charge in [-0.2, -0.15) is 0 Å². The second kappa shape index (κ2) is 7.59. The number of nitrogen functional groups attached to an aromatic ring is 1. The number of likely N-dealkylation sites (N-methyl/N-ethyl adjacent to an activating group) is 1. The predicted octanol–water partition coefficient (Wildman–Crippen LogP) is 3.40. The number of rotatable bonds is 3. The number of aliphatic imine (C=N–C) groups is 2. The van der Waals surface area contributed by atoms with Gasteiger partial charge in [-0.25, -0.2) is 4.99 Å². The smallest absolute Gasteiger partial charge is 0.239 e. The zero-order chi connectivity index (χ0) is 22.3. The van der Waals surface area contributed by atoms with E-state index in [1.807, 2.05) is 37.3 Å². The van der Waals surface area contributed by atoms with Gasteiger partial charge < -0.3 is 11.5 Å². The zero-order valence-electron chi connectivity index (χ0n) is 18.6. The second-order valence-electron chi connectivity index (χ2n) is 9.05. The van der Waals surface area contributed by atoms with Gasteiger partial charge >= 0.3 is 0 Å². The van der Waals surface area contributed by atoms with Crippen molar-refractivity contribution in [2.45, 2.75) is 44.6 Å². The van der Waals surface area contributed by atoms with Crippen LogP contribution in [0.2, 0.25) is 0 Å². The van der Waals surface area contributed by atoms with E-state index in [1.165, 1.54) is 10.5 Å². The second-order valence-corrected chi connectivity index (χ2v) is 9.05. The van der Waals surface area contributed by atoms with Gasteiger partial charge in [-0.3, -0.25) is 14.7 Å². The molecule has 1 heterocycles. The summed E-state index contributed by atoms with van der Waals surface area (Å²) in [5.74, 6) is -0.414. The molecule has 4 N–H and O–H groups in total. The van der Waals surface area contributed by atoms with Crippen LogP contribution in [0.3, 0.4) is 0 Å². The van der Waals surface area contributed by atoms with Crippen molar-refractivity contribution in [3.05, 3.63) is 64.7 Å². The van der Waals surface area contributed by atoms with Crippen LogP contribution in [0.25, 0.3) is 0 Å². The number of nitrogens with zero attached hydrogens (tertiary/aromatic N) is 3. The Morgan fingerprint density at radius 3 is 2.30 bits per heavy atom. The average molecular weight is 406 g/mol. The van der Waals surface area contributed by atoms with Crippen LogP contribution in [-0.4, -0.2) is 37.1 Å². The maximum atomic E-state index is 13.4. The van der Waals surface area contributed by atoms with Crippen molar-refractivity contribution in [2.24, 2.45) is 15.7 Å². The van der Waals surface area contributed by atoms with Crippen LogP contribution in [0.15, 0.2) is 52.4 Å². The molecular weight excluding hydrogens is 374 g/mol. The number of carbonyl (C=O) groups is 1. The van der Waals surface area contributed by atoms with E-state index in [0.717, 1.165) is 16.7 Å². The molecule has 2 aromatic carbocycles. The summed E-state index contributed by atoms with van der Waals surface area (Å²) >= 11 is 0. The van der Waals surface area contributed by atoms with Crippen LogP contribution >= 0.6 is 0 Å². The first-order valence-electron chi connectivity index (χ1n) is 10.0. The molecule has 6 heteroatoms. The Bertz CT molecular complexity index is 1020. The maximum Gasteiger partial charge on any atom is 0.239 e. The summed E-state index contributed by atoms with van der Waals surface area (Å²) in [5.41, 5.74) is 15.9. The Labute approximate surface area is 178 Å². The number of carbonyl (C=O) groups excluding carboxylic acids is 1. The Morgan fingerprint density at radius 1 is 1.13 bits per heavy atom. The lowest BCUT2D eigenvalue weighted by atomic mass is 9.73. The fourth-order valence-electron chi connectivity index (χ4n) is 3.94. The van der Waals surface area contributed by atoms with E-state index in [4.69, 9.17) is 16.5 Å². The molecular formula is C24H31N5O. The lowest BCUT2D eigenvalue weighted by Crippen LogP contribution is -2.52. The molecule has 0 fully saturated rings. The van der Waals surface area contributed by atoms with Crippen LogP contribution in [0.5, 0.6) is 0 Å². The van der Waals surface area contributed by atoms with E-state index < -0.39 is 11.5 Å². The first-order valence-corrected chi connectivity index (χ1v) is 10.0. The van der Waals surface area contributed by atoms with E-state index >= 15 is 0 Å². The molecule has 1 amide bonds. The summed E-state index contributed by atoms with van der Waals surface area (Å²) in [6.07, 6.45) is 1.71. The Hall–Kier alpha value is -3.15. The summed E-state index contributed by atoms with van der Waals surface area (Å²) in [6, 6.07) is 13.9. The van der Waals surface area contributed by atoms with Crippen molar-refractivity contribution in [2.75, 3.05) is 19.8 Å². The molecule has 1 aliphatic heterocycles. The summed E-state index contributed by atoms with van der Waals surface area (Å²) in [6.45, 7) is 8.44. The van der Waals surface area contributed by atoms with Gasteiger partial charge in [-0.05, 0) is 35.1 Å². The van der Waals surface area contributed by atoms with E-state index in [9.17, 15) is 4.79 Å². The van der Waals surface area contributed by atoms with Crippen molar-refractivity contribution in [3.63, 3.8) is 0 Å². The SMILES string of the molecule is CN=Cc1ccc([C@@]2(C)N=C(N)N(C)C(=O)[C@@H]2c2ccc(C(C)(C)C)cc2)cc1N.